The Morgan fingerprint density at radius 3 is 2.83 bits per heavy atom. The minimum Gasteiger partial charge on any atom is -0.319 e. The van der Waals surface area contributed by atoms with Gasteiger partial charge in [0, 0.05) is 25.1 Å². The lowest BCUT2D eigenvalue weighted by Gasteiger charge is -2.09. The standard InChI is InChI=1S/C20H16Cl2N6O2/c1-11-8-17(28(27-11)19-13(22)9-12(21)10-23-19)26-18(29)7-6-16-20(30)25-15-5-3-2-4-14(15)24-16/h2-5,8-10H,6-7H2,1H3,(H,25,30)(H,26,29). The van der Waals surface area contributed by atoms with Crippen molar-refractivity contribution in [1.82, 2.24) is 24.7 Å². The molecule has 0 fully saturated rings. The summed E-state index contributed by atoms with van der Waals surface area (Å²) >= 11 is 12.1. The molecular weight excluding hydrogens is 427 g/mol. The van der Waals surface area contributed by atoms with Gasteiger partial charge in [0.05, 0.1) is 26.8 Å². The summed E-state index contributed by atoms with van der Waals surface area (Å²) in [6.07, 6.45) is 1.71. The average Bonchev–Trinajstić information content (AvgIpc) is 3.06. The third-order valence-electron chi connectivity index (χ3n) is 4.35. The molecule has 2 N–H and O–H groups in total. The molecule has 30 heavy (non-hydrogen) atoms. The van der Waals surface area contributed by atoms with Crippen LogP contribution in [0.2, 0.25) is 10.0 Å². The molecule has 0 radical (unpaired) electrons. The van der Waals surface area contributed by atoms with Gasteiger partial charge < -0.3 is 10.3 Å². The van der Waals surface area contributed by atoms with Crippen LogP contribution in [-0.4, -0.2) is 30.6 Å². The monoisotopic (exact) mass is 442 g/mol. The van der Waals surface area contributed by atoms with E-state index in [1.54, 1.807) is 31.2 Å². The van der Waals surface area contributed by atoms with Crippen molar-refractivity contribution in [2.75, 3.05) is 5.32 Å². The van der Waals surface area contributed by atoms with Gasteiger partial charge in [-0.25, -0.2) is 9.97 Å². The maximum atomic E-state index is 12.5. The van der Waals surface area contributed by atoms with Crippen LogP contribution in [0.4, 0.5) is 5.82 Å². The van der Waals surface area contributed by atoms with Crippen molar-refractivity contribution < 1.29 is 4.79 Å². The Balaban J connectivity index is 1.51. The lowest BCUT2D eigenvalue weighted by atomic mass is 10.2. The van der Waals surface area contributed by atoms with E-state index in [2.05, 4.69) is 25.4 Å². The Morgan fingerprint density at radius 2 is 2.03 bits per heavy atom. The highest BCUT2D eigenvalue weighted by atomic mass is 35.5. The molecule has 0 unspecified atom stereocenters. The van der Waals surface area contributed by atoms with Crippen LogP contribution in [0.3, 0.4) is 0 Å². The number of fused-ring (bicyclic) bond motifs is 1. The first-order valence-corrected chi connectivity index (χ1v) is 9.82. The van der Waals surface area contributed by atoms with Gasteiger partial charge in [-0.2, -0.15) is 9.78 Å². The zero-order valence-electron chi connectivity index (χ0n) is 15.8. The van der Waals surface area contributed by atoms with Gasteiger partial charge in [0.1, 0.15) is 11.5 Å². The summed E-state index contributed by atoms with van der Waals surface area (Å²) < 4.78 is 1.44. The number of hydrogen-bond donors (Lipinski definition) is 2. The van der Waals surface area contributed by atoms with Crippen LogP contribution in [0.25, 0.3) is 16.9 Å². The Morgan fingerprint density at radius 1 is 1.23 bits per heavy atom. The van der Waals surface area contributed by atoms with Gasteiger partial charge in [-0.05, 0) is 25.1 Å². The third kappa shape index (κ3) is 4.19. The normalized spacial score (nSPS) is 11.0. The second-order valence-corrected chi connectivity index (χ2v) is 7.46. The number of aromatic amines is 1. The van der Waals surface area contributed by atoms with Crippen molar-refractivity contribution in [3.05, 3.63) is 74.4 Å². The Kier molecular flexibility index (Phi) is 5.52. The number of carbonyl (C=O) groups is 1. The topological polar surface area (TPSA) is 106 Å². The van der Waals surface area contributed by atoms with Crippen molar-refractivity contribution in [3.8, 4) is 5.82 Å². The number of benzene rings is 1. The first-order chi connectivity index (χ1) is 14.4. The van der Waals surface area contributed by atoms with Crippen molar-refractivity contribution in [1.29, 1.82) is 0 Å². The van der Waals surface area contributed by atoms with Crippen LogP contribution >= 0.6 is 23.2 Å². The highest BCUT2D eigenvalue weighted by molar-refractivity contribution is 6.35. The number of nitrogens with zero attached hydrogens (tertiary/aromatic N) is 4. The number of halogens is 2. The van der Waals surface area contributed by atoms with Crippen LogP contribution in [-0.2, 0) is 11.2 Å². The lowest BCUT2D eigenvalue weighted by molar-refractivity contribution is -0.116. The predicted octanol–water partition coefficient (Wildman–Crippen LogP) is 3.69. The van der Waals surface area contributed by atoms with E-state index in [9.17, 15) is 9.59 Å². The third-order valence-corrected chi connectivity index (χ3v) is 4.83. The molecule has 0 aliphatic carbocycles. The first-order valence-electron chi connectivity index (χ1n) is 9.06. The SMILES string of the molecule is Cc1cc(NC(=O)CCc2nc3ccccc3[nH]c2=O)n(-c2ncc(Cl)cc2Cl)n1. The van der Waals surface area contributed by atoms with E-state index in [0.29, 0.717) is 44.1 Å². The molecule has 0 saturated carbocycles. The number of hydrogen-bond acceptors (Lipinski definition) is 5. The maximum absolute atomic E-state index is 12.5. The number of nitrogens with one attached hydrogen (secondary N) is 2. The zero-order chi connectivity index (χ0) is 21.3. The molecule has 8 nitrogen and oxygen atoms in total. The predicted molar refractivity (Wildman–Crippen MR) is 115 cm³/mol. The average molecular weight is 443 g/mol. The number of pyridine rings is 1. The summed E-state index contributed by atoms with van der Waals surface area (Å²) in [5, 5.41) is 7.82. The van der Waals surface area contributed by atoms with Gasteiger partial charge in [0.25, 0.3) is 5.56 Å². The second kappa shape index (κ2) is 8.25. The largest absolute Gasteiger partial charge is 0.319 e. The molecular formula is C20H16Cl2N6O2. The fraction of sp³-hybridized carbons (Fsp3) is 0.150. The lowest BCUT2D eigenvalue weighted by Crippen LogP contribution is -2.20. The molecule has 4 rings (SSSR count). The van der Waals surface area contributed by atoms with Crippen molar-refractivity contribution in [2.45, 2.75) is 19.8 Å². The van der Waals surface area contributed by atoms with E-state index in [4.69, 9.17) is 23.2 Å². The number of rotatable bonds is 5. The minimum absolute atomic E-state index is 0.0699. The number of H-pyrrole nitrogens is 1. The molecule has 1 aromatic carbocycles. The molecule has 0 aliphatic heterocycles. The van der Waals surface area contributed by atoms with E-state index in [1.165, 1.54) is 10.9 Å². The Labute approximate surface area is 180 Å². The van der Waals surface area contributed by atoms with Crippen LogP contribution in [0.1, 0.15) is 17.8 Å². The van der Waals surface area contributed by atoms with Gasteiger partial charge in [-0.3, -0.25) is 9.59 Å². The molecule has 4 aromatic rings. The summed E-state index contributed by atoms with van der Waals surface area (Å²) in [6.45, 7) is 1.79. The number of anilines is 1. The van der Waals surface area contributed by atoms with Gasteiger partial charge in [-0.15, -0.1) is 0 Å². The Hall–Kier alpha value is -3.23. The van der Waals surface area contributed by atoms with E-state index in [-0.39, 0.29) is 24.3 Å². The second-order valence-electron chi connectivity index (χ2n) is 6.62. The quantitative estimate of drug-likeness (QED) is 0.490. The minimum atomic E-state index is -0.306. The van der Waals surface area contributed by atoms with Crippen LogP contribution in [0, 0.1) is 6.92 Å². The molecule has 152 valence electrons. The molecule has 0 bridgehead atoms. The highest BCUT2D eigenvalue weighted by Crippen LogP contribution is 2.25. The molecule has 3 heterocycles. The molecule has 10 heteroatoms. The summed E-state index contributed by atoms with van der Waals surface area (Å²) in [5.41, 5.74) is 1.99. The summed E-state index contributed by atoms with van der Waals surface area (Å²) in [7, 11) is 0. The highest BCUT2D eigenvalue weighted by Gasteiger charge is 2.15. The summed E-state index contributed by atoms with van der Waals surface area (Å²) in [5.74, 6) is 0.460. The molecule has 0 aliphatic rings. The van der Waals surface area contributed by atoms with Gasteiger partial charge in [-0.1, -0.05) is 35.3 Å². The van der Waals surface area contributed by atoms with Crippen LogP contribution in [0.15, 0.2) is 47.4 Å². The van der Waals surface area contributed by atoms with Gasteiger partial charge in [0.2, 0.25) is 5.91 Å². The van der Waals surface area contributed by atoms with E-state index < -0.39 is 0 Å². The van der Waals surface area contributed by atoms with Gasteiger partial charge in [0.15, 0.2) is 5.82 Å². The zero-order valence-corrected chi connectivity index (χ0v) is 17.3. The smallest absolute Gasteiger partial charge is 0.270 e. The van der Waals surface area contributed by atoms with Crippen molar-refractivity contribution in [3.63, 3.8) is 0 Å². The Bertz CT molecular complexity index is 1310. The van der Waals surface area contributed by atoms with Crippen LogP contribution in [0.5, 0.6) is 0 Å². The fourth-order valence-corrected chi connectivity index (χ4v) is 3.45. The van der Waals surface area contributed by atoms with E-state index in [0.717, 1.165) is 0 Å². The molecule has 0 saturated heterocycles. The molecule has 1 amide bonds. The number of amides is 1. The fourth-order valence-electron chi connectivity index (χ4n) is 2.99. The van der Waals surface area contributed by atoms with E-state index in [1.807, 2.05) is 12.1 Å². The maximum Gasteiger partial charge on any atom is 0.270 e. The number of para-hydroxylation sites is 2. The number of aromatic nitrogens is 5. The number of carbonyl (C=O) groups excluding carboxylic acids is 1. The molecule has 0 spiro atoms. The van der Waals surface area contributed by atoms with Crippen LogP contribution < -0.4 is 10.9 Å². The van der Waals surface area contributed by atoms with Crippen molar-refractivity contribution >= 4 is 46.0 Å². The molecule has 3 aromatic heterocycles. The summed E-state index contributed by atoms with van der Waals surface area (Å²) in [4.78, 5) is 36.1. The summed E-state index contributed by atoms with van der Waals surface area (Å²) in [6, 6.07) is 10.5. The molecule has 0 atom stereocenters. The number of aryl methyl sites for hydroxylation is 2. The first kappa shape index (κ1) is 20.1. The van der Waals surface area contributed by atoms with E-state index >= 15 is 0 Å². The van der Waals surface area contributed by atoms with Crippen molar-refractivity contribution in [2.24, 2.45) is 0 Å². The van der Waals surface area contributed by atoms with Gasteiger partial charge >= 0.3 is 0 Å².